The normalized spacial score (nSPS) is 35.3. The van der Waals surface area contributed by atoms with E-state index in [2.05, 4.69) is 5.32 Å². The number of rotatable bonds is 3. The summed E-state index contributed by atoms with van der Waals surface area (Å²) in [6.45, 7) is 1.44. The lowest BCUT2D eigenvalue weighted by atomic mass is 10.0. The van der Waals surface area contributed by atoms with Gasteiger partial charge in [0.2, 0.25) is 21.8 Å². The van der Waals surface area contributed by atoms with E-state index in [-0.39, 0.29) is 50.5 Å². The number of carbonyl (C=O) groups is 2. The summed E-state index contributed by atoms with van der Waals surface area (Å²) in [5.74, 6) is -0.486. The predicted octanol–water partition coefficient (Wildman–Crippen LogP) is -1.22. The largest absolute Gasteiger partial charge is 0.388 e. The van der Waals surface area contributed by atoms with E-state index < -0.39 is 46.6 Å². The minimum absolute atomic E-state index is 0.0457. The van der Waals surface area contributed by atoms with Crippen molar-refractivity contribution in [3.05, 3.63) is 34.9 Å². The van der Waals surface area contributed by atoms with Gasteiger partial charge in [0, 0.05) is 50.3 Å². The summed E-state index contributed by atoms with van der Waals surface area (Å²) < 4.78 is 38.0. The molecule has 39 heavy (non-hydrogen) atoms. The van der Waals surface area contributed by atoms with E-state index >= 15 is 0 Å². The first-order chi connectivity index (χ1) is 18.5. The molecule has 0 saturated carbocycles. The first kappa shape index (κ1) is 28.7. The van der Waals surface area contributed by atoms with E-state index in [0.29, 0.717) is 31.1 Å². The molecule has 3 N–H and O–H groups in total. The van der Waals surface area contributed by atoms with Crippen molar-refractivity contribution in [3.8, 4) is 0 Å². The Balaban J connectivity index is 1.43. The second kappa shape index (κ2) is 11.6. The molecule has 4 fully saturated rings. The number of hydrogen-bond acceptors (Lipinski definition) is 9. The van der Waals surface area contributed by atoms with Gasteiger partial charge in [-0.05, 0) is 24.1 Å². The van der Waals surface area contributed by atoms with Gasteiger partial charge < -0.3 is 29.9 Å². The van der Waals surface area contributed by atoms with E-state index in [4.69, 9.17) is 21.1 Å². The summed E-state index contributed by atoms with van der Waals surface area (Å²) in [7, 11) is -3.75. The van der Waals surface area contributed by atoms with E-state index in [1.807, 2.05) is 23.1 Å². The number of halogens is 1. The summed E-state index contributed by atoms with van der Waals surface area (Å²) >= 11 is 6.18. The third kappa shape index (κ3) is 6.57. The number of hydrogen-bond donors (Lipinski definition) is 3. The van der Waals surface area contributed by atoms with Gasteiger partial charge in [0.25, 0.3) is 0 Å². The number of benzene rings is 1. The van der Waals surface area contributed by atoms with Gasteiger partial charge in [-0.2, -0.15) is 4.31 Å². The quantitative estimate of drug-likeness (QED) is 0.396. The fourth-order valence-electron chi connectivity index (χ4n) is 5.94. The number of likely N-dealkylation sites (tertiary alicyclic amines) is 1. The minimum Gasteiger partial charge on any atom is -0.388 e. The van der Waals surface area contributed by atoms with Crippen LogP contribution in [0.25, 0.3) is 0 Å². The molecule has 0 unspecified atom stereocenters. The highest BCUT2D eigenvalue weighted by molar-refractivity contribution is 7.88. The summed E-state index contributed by atoms with van der Waals surface area (Å²) in [6.07, 6.45) is -4.09. The molecule has 4 heterocycles. The average molecular weight is 587 g/mol. The zero-order valence-electron chi connectivity index (χ0n) is 21.7. The Morgan fingerprint density at radius 2 is 1.87 bits per heavy atom. The number of ether oxygens (including phenoxy) is 2. The molecule has 1 aromatic rings. The van der Waals surface area contributed by atoms with Crippen molar-refractivity contribution in [1.29, 1.82) is 0 Å². The third-order valence-corrected chi connectivity index (χ3v) is 9.36. The molecule has 6 bridgehead atoms. The number of aliphatic hydroxyl groups is 2. The van der Waals surface area contributed by atoms with Gasteiger partial charge >= 0.3 is 0 Å². The van der Waals surface area contributed by atoms with Crippen molar-refractivity contribution in [2.24, 2.45) is 0 Å². The number of sulfonamides is 1. The van der Waals surface area contributed by atoms with Crippen LogP contribution < -0.4 is 5.32 Å². The van der Waals surface area contributed by atoms with Gasteiger partial charge in [-0.25, -0.2) is 8.42 Å². The van der Waals surface area contributed by atoms with Crippen LogP contribution >= 0.6 is 11.6 Å². The number of aliphatic hydroxyl groups excluding tert-OH is 2. The van der Waals surface area contributed by atoms with E-state index in [9.17, 15) is 28.2 Å². The Kier molecular flexibility index (Phi) is 8.51. The van der Waals surface area contributed by atoms with Crippen molar-refractivity contribution in [2.45, 2.75) is 62.0 Å². The Morgan fingerprint density at radius 3 is 2.62 bits per heavy atom. The predicted molar refractivity (Wildman–Crippen MR) is 140 cm³/mol. The van der Waals surface area contributed by atoms with Gasteiger partial charge in [-0.3, -0.25) is 14.5 Å². The highest BCUT2D eigenvalue weighted by Gasteiger charge is 2.46. The summed E-state index contributed by atoms with van der Waals surface area (Å²) in [4.78, 5) is 30.5. The zero-order valence-corrected chi connectivity index (χ0v) is 23.3. The second-order valence-corrected chi connectivity index (χ2v) is 13.2. The molecule has 0 spiro atoms. The van der Waals surface area contributed by atoms with Crippen molar-refractivity contribution in [1.82, 2.24) is 19.4 Å². The summed E-state index contributed by atoms with van der Waals surface area (Å²) in [6, 6.07) is 6.58. The first-order valence-electron chi connectivity index (χ1n) is 13.1. The second-order valence-electron chi connectivity index (χ2n) is 10.8. The maximum Gasteiger partial charge on any atom is 0.240 e. The molecule has 2 amide bonds. The Labute approximate surface area is 232 Å². The standard InChI is InChI=1S/C25H35ClN4O8S/c1-39(35,36)30-13-18-12-28(5-6-37-18)25(34)19-8-17(11-29(19)10-15-3-2-4-16(26)7-15)27-22(31)9-20-23(32)24(33)21(14-30)38-20/h2-4,7,17-21,23-24,32-33H,5-6,8-14H2,1H3,(H,27,31)/t17-,18-,19-,20-,21+,23-,24+/m0/s1. The number of nitrogens with one attached hydrogen (secondary N) is 1. The van der Waals surface area contributed by atoms with Crippen LogP contribution in [0.3, 0.4) is 0 Å². The molecule has 1 aromatic carbocycles. The number of amides is 2. The van der Waals surface area contributed by atoms with Crippen LogP contribution in [-0.2, 0) is 35.6 Å². The van der Waals surface area contributed by atoms with Crippen molar-refractivity contribution >= 4 is 33.4 Å². The maximum absolute atomic E-state index is 13.8. The lowest BCUT2D eigenvalue weighted by Gasteiger charge is -2.38. The smallest absolute Gasteiger partial charge is 0.240 e. The van der Waals surface area contributed by atoms with E-state index in [0.717, 1.165) is 16.1 Å². The Hall–Kier alpha value is -1.84. The highest BCUT2D eigenvalue weighted by Crippen LogP contribution is 2.28. The van der Waals surface area contributed by atoms with Crippen molar-refractivity contribution in [3.63, 3.8) is 0 Å². The molecule has 0 radical (unpaired) electrons. The molecule has 216 valence electrons. The number of fused-ring (bicyclic) bond motifs is 6. The monoisotopic (exact) mass is 586 g/mol. The molecule has 0 aliphatic carbocycles. The summed E-state index contributed by atoms with van der Waals surface area (Å²) in [5, 5.41) is 24.7. The van der Waals surface area contributed by atoms with Gasteiger partial charge in [-0.15, -0.1) is 0 Å². The fourth-order valence-corrected chi connectivity index (χ4v) is 7.01. The zero-order chi connectivity index (χ0) is 27.9. The molecular formula is C25H35ClN4O8S. The SMILES string of the molecule is CS(=O)(=O)N1C[C@@H]2CN(CCO2)C(=O)[C@@H]2C[C@@H](CN2Cc2cccc(Cl)c2)NC(=O)C[C@@H]2O[C@H](C1)[C@@H](O)[C@H]2O. The molecule has 5 rings (SSSR count). The van der Waals surface area contributed by atoms with Crippen LogP contribution in [0.2, 0.25) is 5.02 Å². The van der Waals surface area contributed by atoms with Crippen LogP contribution in [0.1, 0.15) is 18.4 Å². The average Bonchev–Trinajstić information content (AvgIpc) is 3.37. The van der Waals surface area contributed by atoms with Crippen LogP contribution in [0, 0.1) is 0 Å². The van der Waals surface area contributed by atoms with Crippen molar-refractivity contribution in [2.75, 3.05) is 45.6 Å². The molecule has 7 atom stereocenters. The van der Waals surface area contributed by atoms with Gasteiger partial charge in [0.05, 0.1) is 37.5 Å². The highest BCUT2D eigenvalue weighted by atomic mass is 35.5. The maximum atomic E-state index is 13.8. The van der Waals surface area contributed by atoms with Crippen molar-refractivity contribution < 1.29 is 37.7 Å². The molecule has 12 nitrogen and oxygen atoms in total. The number of nitrogens with zero attached hydrogens (tertiary/aromatic N) is 3. The van der Waals surface area contributed by atoms with Crippen LogP contribution in [0.15, 0.2) is 24.3 Å². The molecule has 4 saturated heterocycles. The number of carbonyl (C=O) groups excluding carboxylic acids is 2. The van der Waals surface area contributed by atoms with Crippen LogP contribution in [0.4, 0.5) is 0 Å². The Morgan fingerprint density at radius 1 is 1.10 bits per heavy atom. The molecule has 4 aliphatic heterocycles. The van der Waals surface area contributed by atoms with Gasteiger partial charge in [0.1, 0.15) is 18.3 Å². The lowest BCUT2D eigenvalue weighted by molar-refractivity contribution is -0.144. The molecule has 0 aromatic heterocycles. The van der Waals surface area contributed by atoms with E-state index in [1.165, 1.54) is 0 Å². The fraction of sp³-hybridized carbons (Fsp3) is 0.680. The Bertz CT molecular complexity index is 1190. The summed E-state index contributed by atoms with van der Waals surface area (Å²) in [5.41, 5.74) is 0.935. The van der Waals surface area contributed by atoms with Crippen LogP contribution in [0.5, 0.6) is 0 Å². The minimum atomic E-state index is -3.75. The lowest BCUT2D eigenvalue weighted by Crippen LogP contribution is -2.55. The van der Waals surface area contributed by atoms with E-state index in [1.54, 1.807) is 11.0 Å². The van der Waals surface area contributed by atoms with Gasteiger partial charge in [-0.1, -0.05) is 23.7 Å². The molecule has 14 heteroatoms. The van der Waals surface area contributed by atoms with Gasteiger partial charge in [0.15, 0.2) is 0 Å². The molecular weight excluding hydrogens is 552 g/mol. The third-order valence-electron chi connectivity index (χ3n) is 7.89. The van der Waals surface area contributed by atoms with Crippen LogP contribution in [-0.4, -0.2) is 133 Å². The number of morpholine rings is 1. The molecule has 4 aliphatic rings. The topological polar surface area (TPSA) is 149 Å². The first-order valence-corrected chi connectivity index (χ1v) is 15.4.